The number of carbonyl (C=O) groups is 2. The van der Waals surface area contributed by atoms with E-state index in [0.717, 1.165) is 24.2 Å². The molecule has 1 saturated carbocycles. The number of nitrogens with one attached hydrogen (secondary N) is 1. The molecular weight excluding hydrogens is 308 g/mol. The molecule has 2 aliphatic rings. The van der Waals surface area contributed by atoms with E-state index >= 15 is 0 Å². The number of methoxy groups -OCH3 is 1. The second-order valence-electron chi connectivity index (χ2n) is 6.84. The number of aliphatic carboxylic acids is 1. The number of carboxylic acid groups (broad SMARTS) is 1. The van der Waals surface area contributed by atoms with E-state index in [0.29, 0.717) is 19.5 Å². The number of para-hydroxylation sites is 1. The standard InChI is InChI=1S/C18H24N2O4/c1-12(14-7-3-4-8-15(14)24-2)19-17(23)20-10-13-6-5-9-18(13,11-20)16(21)22/h3-4,7-8,12-13H,5-6,9-11H2,1-2H3,(H,19,23)(H,21,22)/t12?,13-,18+/m0/s1. The highest BCUT2D eigenvalue weighted by Gasteiger charge is 2.55. The summed E-state index contributed by atoms with van der Waals surface area (Å²) in [5.74, 6) is 0.0333. The van der Waals surface area contributed by atoms with Crippen molar-refractivity contribution in [1.82, 2.24) is 10.2 Å². The van der Waals surface area contributed by atoms with Crippen LogP contribution in [0, 0.1) is 11.3 Å². The van der Waals surface area contributed by atoms with Crippen LogP contribution in [-0.2, 0) is 4.79 Å². The monoisotopic (exact) mass is 332 g/mol. The van der Waals surface area contributed by atoms with Gasteiger partial charge < -0.3 is 20.1 Å². The SMILES string of the molecule is COc1ccccc1C(C)NC(=O)N1C[C@@H]2CCC[C@@]2(C(=O)O)C1. The Morgan fingerprint density at radius 1 is 1.42 bits per heavy atom. The third kappa shape index (κ3) is 2.70. The largest absolute Gasteiger partial charge is 0.496 e. The molecule has 0 radical (unpaired) electrons. The summed E-state index contributed by atoms with van der Waals surface area (Å²) in [5, 5.41) is 12.6. The predicted molar refractivity (Wildman–Crippen MR) is 88.9 cm³/mol. The van der Waals surface area contributed by atoms with Gasteiger partial charge in [-0.2, -0.15) is 0 Å². The van der Waals surface area contributed by atoms with Crippen LogP contribution in [0.5, 0.6) is 5.75 Å². The summed E-state index contributed by atoms with van der Waals surface area (Å²) in [7, 11) is 1.60. The Morgan fingerprint density at radius 2 is 2.17 bits per heavy atom. The molecule has 1 aromatic carbocycles. The molecule has 6 heteroatoms. The number of nitrogens with zero attached hydrogens (tertiary/aromatic N) is 1. The molecule has 1 aromatic rings. The van der Waals surface area contributed by atoms with Crippen LogP contribution in [0.4, 0.5) is 4.79 Å². The maximum atomic E-state index is 12.6. The van der Waals surface area contributed by atoms with E-state index in [4.69, 9.17) is 4.74 Å². The summed E-state index contributed by atoms with van der Waals surface area (Å²) in [6.07, 6.45) is 2.49. The number of carbonyl (C=O) groups excluding carboxylic acids is 1. The number of fused-ring (bicyclic) bond motifs is 1. The van der Waals surface area contributed by atoms with Crippen molar-refractivity contribution in [2.24, 2.45) is 11.3 Å². The van der Waals surface area contributed by atoms with Gasteiger partial charge >= 0.3 is 12.0 Å². The average Bonchev–Trinajstić information content (AvgIpc) is 3.13. The Bertz CT molecular complexity index is 648. The van der Waals surface area contributed by atoms with Gasteiger partial charge in [-0.1, -0.05) is 24.6 Å². The fourth-order valence-corrected chi connectivity index (χ4v) is 4.17. The number of benzene rings is 1. The van der Waals surface area contributed by atoms with Gasteiger partial charge in [0.15, 0.2) is 0 Å². The fraction of sp³-hybridized carbons (Fsp3) is 0.556. The molecule has 1 heterocycles. The molecule has 6 nitrogen and oxygen atoms in total. The van der Waals surface area contributed by atoms with Crippen molar-refractivity contribution in [1.29, 1.82) is 0 Å². The smallest absolute Gasteiger partial charge is 0.317 e. The first kappa shape index (κ1) is 16.6. The van der Waals surface area contributed by atoms with Gasteiger partial charge in [0.1, 0.15) is 5.75 Å². The highest BCUT2D eigenvalue weighted by atomic mass is 16.5. The number of carboxylic acids is 1. The molecule has 24 heavy (non-hydrogen) atoms. The summed E-state index contributed by atoms with van der Waals surface area (Å²) in [6, 6.07) is 7.15. The third-order valence-electron chi connectivity index (χ3n) is 5.53. The topological polar surface area (TPSA) is 78.9 Å². The van der Waals surface area contributed by atoms with Gasteiger partial charge in [-0.25, -0.2) is 4.79 Å². The molecule has 130 valence electrons. The normalized spacial score (nSPS) is 26.8. The summed E-state index contributed by atoms with van der Waals surface area (Å²) in [6.45, 7) is 2.73. The highest BCUT2D eigenvalue weighted by molar-refractivity contribution is 5.80. The lowest BCUT2D eigenvalue weighted by molar-refractivity contribution is -0.149. The molecule has 1 saturated heterocycles. The molecule has 2 N–H and O–H groups in total. The van der Waals surface area contributed by atoms with E-state index in [2.05, 4.69) is 5.32 Å². The lowest BCUT2D eigenvalue weighted by atomic mass is 9.81. The molecule has 1 aliphatic heterocycles. The minimum absolute atomic E-state index is 0.0716. The van der Waals surface area contributed by atoms with Crippen molar-refractivity contribution in [2.45, 2.75) is 32.2 Å². The number of amides is 2. The number of urea groups is 1. The molecule has 3 rings (SSSR count). The summed E-state index contributed by atoms with van der Waals surface area (Å²) < 4.78 is 5.34. The zero-order valence-electron chi connectivity index (χ0n) is 14.1. The molecule has 0 spiro atoms. The zero-order valence-corrected chi connectivity index (χ0v) is 14.1. The molecule has 2 fully saturated rings. The van der Waals surface area contributed by atoms with Crippen molar-refractivity contribution >= 4 is 12.0 Å². The number of hydrogen-bond donors (Lipinski definition) is 2. The third-order valence-corrected chi connectivity index (χ3v) is 5.53. The Balaban J connectivity index is 1.69. The Hall–Kier alpha value is -2.24. The highest BCUT2D eigenvalue weighted by Crippen LogP contribution is 2.48. The van der Waals surface area contributed by atoms with Crippen LogP contribution in [0.3, 0.4) is 0 Å². The summed E-state index contributed by atoms with van der Waals surface area (Å²) >= 11 is 0. The first-order chi connectivity index (χ1) is 11.5. The van der Waals surface area contributed by atoms with Gasteiger partial charge in [0.2, 0.25) is 0 Å². The predicted octanol–water partition coefficient (Wildman–Crippen LogP) is 2.65. The van der Waals surface area contributed by atoms with E-state index in [-0.39, 0.29) is 18.0 Å². The quantitative estimate of drug-likeness (QED) is 0.888. The van der Waals surface area contributed by atoms with Crippen molar-refractivity contribution in [3.8, 4) is 5.75 Å². The van der Waals surface area contributed by atoms with E-state index in [1.54, 1.807) is 12.0 Å². The number of hydrogen-bond acceptors (Lipinski definition) is 3. The molecule has 1 unspecified atom stereocenters. The van der Waals surface area contributed by atoms with Gasteiger partial charge in [0.25, 0.3) is 0 Å². The second kappa shape index (κ2) is 6.34. The van der Waals surface area contributed by atoms with Crippen LogP contribution in [-0.4, -0.2) is 42.2 Å². The maximum Gasteiger partial charge on any atom is 0.317 e. The van der Waals surface area contributed by atoms with E-state index < -0.39 is 11.4 Å². The first-order valence-corrected chi connectivity index (χ1v) is 8.39. The van der Waals surface area contributed by atoms with Gasteiger partial charge in [-0.15, -0.1) is 0 Å². The molecular formula is C18H24N2O4. The molecule has 0 aromatic heterocycles. The first-order valence-electron chi connectivity index (χ1n) is 8.39. The van der Waals surface area contributed by atoms with Crippen molar-refractivity contribution in [2.75, 3.05) is 20.2 Å². The molecule has 2 amide bonds. The Kier molecular flexibility index (Phi) is 4.39. The number of rotatable bonds is 4. The fourth-order valence-electron chi connectivity index (χ4n) is 4.17. The average molecular weight is 332 g/mol. The minimum Gasteiger partial charge on any atom is -0.496 e. The maximum absolute atomic E-state index is 12.6. The van der Waals surface area contributed by atoms with Gasteiger partial charge in [0, 0.05) is 18.7 Å². The van der Waals surface area contributed by atoms with Gasteiger partial charge in [0.05, 0.1) is 18.6 Å². The van der Waals surface area contributed by atoms with Crippen molar-refractivity contribution in [3.63, 3.8) is 0 Å². The molecule has 1 aliphatic carbocycles. The van der Waals surface area contributed by atoms with Crippen LogP contribution in [0.1, 0.15) is 37.8 Å². The minimum atomic E-state index is -0.766. The van der Waals surface area contributed by atoms with Crippen LogP contribution in [0.15, 0.2) is 24.3 Å². The summed E-state index contributed by atoms with van der Waals surface area (Å²) in [5.41, 5.74) is 0.158. The van der Waals surface area contributed by atoms with Crippen molar-refractivity contribution in [3.05, 3.63) is 29.8 Å². The lowest BCUT2D eigenvalue weighted by Gasteiger charge is -2.25. The Labute approximate surface area is 141 Å². The zero-order chi connectivity index (χ0) is 17.3. The number of ether oxygens (including phenoxy) is 1. The number of likely N-dealkylation sites (tertiary alicyclic amines) is 1. The van der Waals surface area contributed by atoms with Crippen LogP contribution in [0.25, 0.3) is 0 Å². The van der Waals surface area contributed by atoms with E-state index in [1.807, 2.05) is 31.2 Å². The molecule has 0 bridgehead atoms. The van der Waals surface area contributed by atoms with Crippen molar-refractivity contribution < 1.29 is 19.4 Å². The lowest BCUT2D eigenvalue weighted by Crippen LogP contribution is -2.42. The van der Waals surface area contributed by atoms with Gasteiger partial charge in [-0.05, 0) is 31.7 Å². The van der Waals surface area contributed by atoms with Crippen LogP contribution in [0.2, 0.25) is 0 Å². The van der Waals surface area contributed by atoms with Crippen LogP contribution >= 0.6 is 0 Å². The second-order valence-corrected chi connectivity index (χ2v) is 6.84. The Morgan fingerprint density at radius 3 is 2.83 bits per heavy atom. The van der Waals surface area contributed by atoms with E-state index in [9.17, 15) is 14.7 Å². The molecule has 3 atom stereocenters. The summed E-state index contributed by atoms with van der Waals surface area (Å²) in [4.78, 5) is 26.0. The van der Waals surface area contributed by atoms with Crippen LogP contribution < -0.4 is 10.1 Å². The van der Waals surface area contributed by atoms with Gasteiger partial charge in [-0.3, -0.25) is 4.79 Å². The van der Waals surface area contributed by atoms with E-state index in [1.165, 1.54) is 0 Å².